The Labute approximate surface area is 485 Å². The van der Waals surface area contributed by atoms with Crippen LogP contribution in [0.4, 0.5) is 45.9 Å². The van der Waals surface area contributed by atoms with E-state index in [0.717, 1.165) is 31.3 Å². The first-order valence-electron chi connectivity index (χ1n) is 21.3. The summed E-state index contributed by atoms with van der Waals surface area (Å²) in [5.74, 6) is -8.44. The summed E-state index contributed by atoms with van der Waals surface area (Å²) in [5.41, 5.74) is -2.62. The molecular weight excluding hydrogens is 1320 g/mol. The van der Waals surface area contributed by atoms with Gasteiger partial charge >= 0.3 is 49.3 Å². The van der Waals surface area contributed by atoms with Gasteiger partial charge in [-0.05, 0) is 77.1 Å². The van der Waals surface area contributed by atoms with Crippen LogP contribution in [0.25, 0.3) is 11.3 Å². The molecule has 5 rings (SSSR count). The topological polar surface area (TPSA) is 357 Å². The molecule has 0 radical (unpaired) electrons. The van der Waals surface area contributed by atoms with Gasteiger partial charge in [-0.25, -0.2) is 36.7 Å². The van der Waals surface area contributed by atoms with Gasteiger partial charge in [0.25, 0.3) is 10.0 Å². The fourth-order valence-electron chi connectivity index (χ4n) is 5.32. The molecule has 0 spiro atoms. The molecule has 39 heteroatoms. The molecule has 0 aliphatic carbocycles. The third kappa shape index (κ3) is 25.5. The number of esters is 1. The molecule has 0 saturated heterocycles. The lowest BCUT2D eigenvalue weighted by atomic mass is 10.1. The number of anilines is 1. The van der Waals surface area contributed by atoms with E-state index in [4.69, 9.17) is 64.5 Å². The highest BCUT2D eigenvalue weighted by Crippen LogP contribution is 2.41. The third-order valence-electron chi connectivity index (χ3n) is 8.16. The number of carbonyl (C=O) groups excluding carboxylic acids is 2. The van der Waals surface area contributed by atoms with Crippen LogP contribution in [0.3, 0.4) is 0 Å². The largest absolute Gasteiger partial charge is 0.778 e. The number of benzene rings is 3. The SMILES string of the molecule is CC(C)OC(=O)c1cc(-c2nn(C)c(C(F)(F)F)c2Br)c(F)cc1Cl.COc1c(Cl)ccc(Cl)c1C(=O)O.C[S+](C)C.O=C(Nc1nc(OC(F)F)cc(OC(F)F)n1)NS(=O)(=O)c1ccccc1C(=O)O.O=C(O)CNCP(=O)([O-])O. The number of urea groups is 1. The van der Waals surface area contributed by atoms with E-state index in [1.165, 1.54) is 36.1 Å². The van der Waals surface area contributed by atoms with Crippen LogP contribution < -0.4 is 34.5 Å². The molecule has 1 atom stereocenters. The molecule has 0 fully saturated rings. The van der Waals surface area contributed by atoms with Crippen molar-refractivity contribution in [1.82, 2.24) is 29.8 Å². The maximum Gasteiger partial charge on any atom is 0.434 e. The minimum absolute atomic E-state index is 0.0849. The molecule has 5 aromatic rings. The van der Waals surface area contributed by atoms with Gasteiger partial charge in [-0.2, -0.15) is 45.8 Å². The number of carboxylic acids is 3. The predicted molar refractivity (Wildman–Crippen MR) is 280 cm³/mol. The van der Waals surface area contributed by atoms with E-state index in [1.807, 2.05) is 5.32 Å². The summed E-state index contributed by atoms with van der Waals surface area (Å²) in [7, 11) is -6.00. The Kier molecular flexibility index (Phi) is 29.8. The molecule has 82 heavy (non-hydrogen) atoms. The maximum absolute atomic E-state index is 14.3. The van der Waals surface area contributed by atoms with Crippen molar-refractivity contribution >= 4 is 115 Å². The molecule has 0 bridgehead atoms. The summed E-state index contributed by atoms with van der Waals surface area (Å²) in [6.45, 7) is -4.07. The van der Waals surface area contributed by atoms with E-state index in [-0.39, 0.29) is 43.2 Å². The highest BCUT2D eigenvalue weighted by molar-refractivity contribution is 9.10. The zero-order valence-corrected chi connectivity index (χ0v) is 48.9. The van der Waals surface area contributed by atoms with Crippen molar-refractivity contribution in [2.45, 2.75) is 44.2 Å². The lowest BCUT2D eigenvalue weighted by Crippen LogP contribution is -2.35. The number of aliphatic carboxylic acids is 1. The van der Waals surface area contributed by atoms with E-state index < -0.39 is 130 Å². The summed E-state index contributed by atoms with van der Waals surface area (Å²) in [4.78, 5) is 79.4. The van der Waals surface area contributed by atoms with Crippen LogP contribution in [-0.2, 0) is 48.2 Å². The van der Waals surface area contributed by atoms with Crippen LogP contribution in [-0.4, -0.2) is 136 Å². The molecule has 454 valence electrons. The van der Waals surface area contributed by atoms with Crippen molar-refractivity contribution in [3.63, 3.8) is 0 Å². The van der Waals surface area contributed by atoms with Crippen molar-refractivity contribution in [2.75, 3.05) is 44.0 Å². The fraction of sp³-hybridized carbons (Fsp3) is 0.302. The predicted octanol–water partition coefficient (Wildman–Crippen LogP) is 8.47. The first-order valence-corrected chi connectivity index (χ1v) is 28.9. The van der Waals surface area contributed by atoms with Gasteiger partial charge in [-0.1, -0.05) is 46.9 Å². The van der Waals surface area contributed by atoms with Crippen molar-refractivity contribution in [3.8, 4) is 28.8 Å². The van der Waals surface area contributed by atoms with Crippen molar-refractivity contribution in [1.29, 1.82) is 0 Å². The highest BCUT2D eigenvalue weighted by Gasteiger charge is 2.39. The van der Waals surface area contributed by atoms with Crippen LogP contribution in [0.15, 0.2) is 64.0 Å². The van der Waals surface area contributed by atoms with Gasteiger partial charge in [0, 0.05) is 12.6 Å². The van der Waals surface area contributed by atoms with Crippen LogP contribution in [0, 0.1) is 5.82 Å². The Hall–Kier alpha value is -6.30. The Bertz CT molecular complexity index is 3190. The van der Waals surface area contributed by atoms with Gasteiger partial charge in [-0.15, -0.1) is 0 Å². The second kappa shape index (κ2) is 33.1. The Balaban J connectivity index is 0.000000576. The highest BCUT2D eigenvalue weighted by atomic mass is 79.9. The zero-order chi connectivity index (χ0) is 63.4. The number of aromatic nitrogens is 4. The maximum atomic E-state index is 14.3. The Morgan fingerprint density at radius 3 is 1.82 bits per heavy atom. The van der Waals surface area contributed by atoms with Gasteiger partial charge < -0.3 is 48.6 Å². The van der Waals surface area contributed by atoms with Crippen molar-refractivity contribution in [2.24, 2.45) is 7.05 Å². The molecule has 2 heterocycles. The molecular formula is C43H44BrCl3F8N7O17PS2. The number of amides is 2. The number of carboxylic acid groups (broad SMARTS) is 3. The summed E-state index contributed by atoms with van der Waals surface area (Å²) in [5, 5.41) is 33.3. The minimum atomic E-state index is -4.71. The van der Waals surface area contributed by atoms with Crippen molar-refractivity contribution < 1.29 is 116 Å². The van der Waals surface area contributed by atoms with Crippen LogP contribution >= 0.6 is 58.3 Å². The van der Waals surface area contributed by atoms with Crippen molar-refractivity contribution in [3.05, 3.63) is 102 Å². The standard InChI is InChI=1S/C15H12BrClF4N2O2.C14H10F4N4O7S.C8H6Cl2O3.C3H8NO5P.C3H9S/c1-6(2)25-14(24)7-4-8(10(18)5-9(7)17)12-11(16)13(15(19,20)21)23(3)22-12;15-11(16)28-8-5-9(29-12(17)18)20-13(19-8)21-14(25)22-30(26,27)7-4-2-1-3-6(7)10(23)24;1-13-7-5(10)3-2-4(9)6(7)8(11)12;5-3(6)1-4-2-10(7,8)9;1-4(2)3/h4-6H,1-3H3;1-5,11-12H,(H,23,24)(H2,19,20,21,22,25);2-3H,1H3,(H,11,12);4H,1-2H2,(H,5,6)(H2,7,8,9);1-3H3/q;;;;+1/p-1. The fourth-order valence-corrected chi connectivity index (χ4v) is 8.29. The molecule has 3 aromatic carbocycles. The molecule has 2 aromatic heterocycles. The number of sulfonamides is 1. The van der Waals surface area contributed by atoms with Gasteiger partial charge in [0.2, 0.25) is 17.7 Å². The quantitative estimate of drug-likeness (QED) is 0.0198. The lowest BCUT2D eigenvalue weighted by Gasteiger charge is -2.14. The lowest BCUT2D eigenvalue weighted by molar-refractivity contribution is -0.193. The number of nitrogens with one attached hydrogen (secondary N) is 3. The number of ether oxygens (including phenoxy) is 4. The number of nitrogens with zero attached hydrogens (tertiary/aromatic N) is 4. The van der Waals surface area contributed by atoms with E-state index in [9.17, 15) is 77.0 Å². The van der Waals surface area contributed by atoms with Gasteiger partial charge in [0.1, 0.15) is 29.6 Å². The van der Waals surface area contributed by atoms with Crippen LogP contribution in [0.2, 0.25) is 15.1 Å². The average Bonchev–Trinajstić information content (AvgIpc) is 3.75. The summed E-state index contributed by atoms with van der Waals surface area (Å²) < 4.78 is 156. The summed E-state index contributed by atoms with van der Waals surface area (Å²) in [6.07, 6.45) is 0.732. The minimum Gasteiger partial charge on any atom is -0.778 e. The summed E-state index contributed by atoms with van der Waals surface area (Å²) in [6, 6.07) is 7.98. The third-order valence-corrected chi connectivity index (χ3v) is 11.8. The van der Waals surface area contributed by atoms with E-state index >= 15 is 0 Å². The second-order valence-corrected chi connectivity index (χ2v) is 23.2. The molecule has 0 aliphatic rings. The first-order chi connectivity index (χ1) is 37.6. The smallest absolute Gasteiger partial charge is 0.434 e. The summed E-state index contributed by atoms with van der Waals surface area (Å²) >= 11 is 20.0. The Morgan fingerprint density at radius 1 is 0.866 bits per heavy atom. The zero-order valence-electron chi connectivity index (χ0n) is 42.5. The van der Waals surface area contributed by atoms with Crippen LogP contribution in [0.5, 0.6) is 17.5 Å². The molecule has 0 saturated carbocycles. The van der Waals surface area contributed by atoms with E-state index in [1.54, 1.807) is 19.2 Å². The second-order valence-electron chi connectivity index (χ2n) is 15.5. The first kappa shape index (κ1) is 73.7. The monoisotopic (exact) mass is 1360 g/mol. The van der Waals surface area contributed by atoms with Gasteiger partial charge in [-0.3, -0.25) is 20.1 Å². The van der Waals surface area contributed by atoms with Gasteiger partial charge in [0.05, 0.1) is 81.5 Å². The average molecular weight is 1360 g/mol. The number of alkyl halides is 7. The van der Waals surface area contributed by atoms with E-state index in [2.05, 4.69) is 59.2 Å². The Morgan fingerprint density at radius 2 is 1.39 bits per heavy atom. The number of hydrogen-bond acceptors (Lipinski definition) is 17. The number of carbonyl (C=O) groups is 5. The number of rotatable bonds is 17. The number of aryl methyl sites for hydroxylation is 1. The molecule has 7 N–H and O–H groups in total. The van der Waals surface area contributed by atoms with Crippen LogP contribution in [0.1, 0.15) is 50.6 Å². The molecule has 1 unspecified atom stereocenters. The van der Waals surface area contributed by atoms with E-state index in [0.29, 0.717) is 21.6 Å². The normalized spacial score (nSPS) is 11.7. The number of aromatic carboxylic acids is 2. The van der Waals surface area contributed by atoms with Gasteiger partial charge in [0.15, 0.2) is 11.4 Å². The number of methoxy groups -OCH3 is 1. The number of hydrogen-bond donors (Lipinski definition) is 7. The molecule has 2 amide bonds. The number of halogens is 12. The molecule has 24 nitrogen and oxygen atoms in total. The molecule has 0 aliphatic heterocycles.